The fourth-order valence-corrected chi connectivity index (χ4v) is 4.69. The average Bonchev–Trinajstić information content (AvgIpc) is 2.84. The van der Waals surface area contributed by atoms with Gasteiger partial charge in [0.2, 0.25) is 21.8 Å². The van der Waals surface area contributed by atoms with Crippen molar-refractivity contribution in [3.8, 4) is 5.75 Å². The first-order valence-electron chi connectivity index (χ1n) is 12.3. The summed E-state index contributed by atoms with van der Waals surface area (Å²) in [5.41, 5.74) is 3.17. The molecule has 1 atom stereocenters. The van der Waals surface area contributed by atoms with Gasteiger partial charge >= 0.3 is 0 Å². The van der Waals surface area contributed by atoms with Gasteiger partial charge < -0.3 is 15.0 Å². The molecule has 0 spiro atoms. The van der Waals surface area contributed by atoms with E-state index >= 15 is 0 Å². The Kier molecular flexibility index (Phi) is 10.8. The van der Waals surface area contributed by atoms with Gasteiger partial charge in [-0.25, -0.2) is 8.42 Å². The number of unbranched alkanes of at least 4 members (excludes halogenated alkanes) is 1. The molecule has 2 aromatic rings. The Morgan fingerprint density at radius 1 is 1.03 bits per heavy atom. The maximum absolute atomic E-state index is 13.7. The van der Waals surface area contributed by atoms with Gasteiger partial charge in [-0.3, -0.25) is 13.9 Å². The molecular formula is C27H39N3O5S. The zero-order valence-electron chi connectivity index (χ0n) is 22.2. The Bertz CT molecular complexity index is 1130. The molecule has 0 radical (unpaired) electrons. The number of nitrogens with one attached hydrogen (secondary N) is 1. The van der Waals surface area contributed by atoms with E-state index in [4.69, 9.17) is 4.74 Å². The van der Waals surface area contributed by atoms with Crippen molar-refractivity contribution in [2.75, 3.05) is 30.8 Å². The number of anilines is 1. The van der Waals surface area contributed by atoms with E-state index in [1.165, 1.54) is 4.90 Å². The van der Waals surface area contributed by atoms with E-state index in [-0.39, 0.29) is 12.5 Å². The van der Waals surface area contributed by atoms with Crippen LogP contribution in [0.2, 0.25) is 0 Å². The van der Waals surface area contributed by atoms with Gasteiger partial charge in [0.15, 0.2) is 0 Å². The summed E-state index contributed by atoms with van der Waals surface area (Å²) >= 11 is 0. The number of amides is 2. The van der Waals surface area contributed by atoms with Gasteiger partial charge in [-0.05, 0) is 67.6 Å². The molecule has 1 N–H and O–H groups in total. The Morgan fingerprint density at radius 2 is 1.69 bits per heavy atom. The van der Waals surface area contributed by atoms with Crippen LogP contribution in [0, 0.1) is 13.8 Å². The van der Waals surface area contributed by atoms with Crippen molar-refractivity contribution in [1.82, 2.24) is 10.2 Å². The normalized spacial score (nSPS) is 12.1. The lowest BCUT2D eigenvalue weighted by molar-refractivity contribution is -0.140. The average molecular weight is 518 g/mol. The molecule has 0 fully saturated rings. The van der Waals surface area contributed by atoms with Gasteiger partial charge in [-0.15, -0.1) is 0 Å². The summed E-state index contributed by atoms with van der Waals surface area (Å²) in [6.45, 7) is 7.99. The zero-order chi connectivity index (χ0) is 26.9. The lowest BCUT2D eigenvalue weighted by atomic mass is 10.1. The van der Waals surface area contributed by atoms with Gasteiger partial charge in [-0.1, -0.05) is 38.5 Å². The van der Waals surface area contributed by atoms with Crippen molar-refractivity contribution < 1.29 is 22.7 Å². The van der Waals surface area contributed by atoms with Crippen molar-refractivity contribution in [3.63, 3.8) is 0 Å². The summed E-state index contributed by atoms with van der Waals surface area (Å²) in [6.07, 6.45) is 3.24. The van der Waals surface area contributed by atoms with Crippen molar-refractivity contribution in [3.05, 3.63) is 59.2 Å². The lowest BCUT2D eigenvalue weighted by Gasteiger charge is -2.33. The van der Waals surface area contributed by atoms with Gasteiger partial charge in [-0.2, -0.15) is 0 Å². The molecule has 0 unspecified atom stereocenters. The van der Waals surface area contributed by atoms with Crippen molar-refractivity contribution in [2.45, 2.75) is 59.5 Å². The van der Waals surface area contributed by atoms with Crippen molar-refractivity contribution in [2.24, 2.45) is 0 Å². The Hall–Kier alpha value is -3.07. The quantitative estimate of drug-likeness (QED) is 0.408. The number of rotatable bonds is 13. The van der Waals surface area contributed by atoms with E-state index in [9.17, 15) is 18.0 Å². The van der Waals surface area contributed by atoms with Crippen LogP contribution in [-0.2, 0) is 26.2 Å². The second-order valence-corrected chi connectivity index (χ2v) is 10.9. The molecule has 0 heterocycles. The van der Waals surface area contributed by atoms with Crippen LogP contribution in [0.25, 0.3) is 0 Å². The molecule has 36 heavy (non-hydrogen) atoms. The Labute approximate surface area is 215 Å². The molecule has 8 nitrogen and oxygen atoms in total. The highest BCUT2D eigenvalue weighted by Crippen LogP contribution is 2.23. The molecule has 0 saturated carbocycles. The first-order valence-corrected chi connectivity index (χ1v) is 14.1. The third kappa shape index (κ3) is 7.98. The molecule has 2 aromatic carbocycles. The first kappa shape index (κ1) is 29.2. The standard InChI is InChI=1S/C27H39N3O5S/c1-7-9-16-28-27(32)25(8-2)29(18-22-11-14-24(35-5)15-12-22)26(31)19-30(36(6,33)34)23-13-10-20(3)21(4)17-23/h10-15,17,25H,7-9,16,18-19H2,1-6H3,(H,28,32)/t25-/m0/s1. The number of hydrogen-bond donors (Lipinski definition) is 1. The molecular weight excluding hydrogens is 478 g/mol. The predicted octanol–water partition coefficient (Wildman–Crippen LogP) is 3.80. The molecule has 0 saturated heterocycles. The van der Waals surface area contributed by atoms with Crippen molar-refractivity contribution in [1.29, 1.82) is 0 Å². The van der Waals surface area contributed by atoms with Crippen LogP contribution in [0.1, 0.15) is 49.8 Å². The number of carbonyl (C=O) groups excluding carboxylic acids is 2. The molecule has 0 aromatic heterocycles. The van der Waals surface area contributed by atoms with Crippen molar-refractivity contribution >= 4 is 27.5 Å². The Morgan fingerprint density at radius 3 is 2.22 bits per heavy atom. The van der Waals surface area contributed by atoms with Gasteiger partial charge in [0.1, 0.15) is 18.3 Å². The number of nitrogens with zero attached hydrogens (tertiary/aromatic N) is 2. The van der Waals surface area contributed by atoms with E-state index in [1.54, 1.807) is 31.4 Å². The van der Waals surface area contributed by atoms with E-state index in [0.29, 0.717) is 24.4 Å². The van der Waals surface area contributed by atoms with Gasteiger partial charge in [0.05, 0.1) is 19.1 Å². The summed E-state index contributed by atoms with van der Waals surface area (Å²) in [4.78, 5) is 28.2. The van der Waals surface area contributed by atoms with Crippen LogP contribution in [0.5, 0.6) is 5.75 Å². The summed E-state index contributed by atoms with van der Waals surface area (Å²) in [5, 5.41) is 2.92. The summed E-state index contributed by atoms with van der Waals surface area (Å²) in [6, 6.07) is 11.8. The summed E-state index contributed by atoms with van der Waals surface area (Å²) in [5.74, 6) is -0.0178. The summed E-state index contributed by atoms with van der Waals surface area (Å²) < 4.78 is 31.8. The number of benzene rings is 2. The molecule has 0 aliphatic rings. The number of carbonyl (C=O) groups is 2. The minimum absolute atomic E-state index is 0.160. The van der Waals surface area contributed by atoms with E-state index in [1.807, 2.05) is 45.9 Å². The molecule has 2 rings (SSSR count). The fraction of sp³-hybridized carbons (Fsp3) is 0.481. The van der Waals surface area contributed by atoms with Crippen LogP contribution in [0.3, 0.4) is 0 Å². The zero-order valence-corrected chi connectivity index (χ0v) is 23.0. The first-order chi connectivity index (χ1) is 17.0. The Balaban J connectivity index is 2.42. The minimum Gasteiger partial charge on any atom is -0.497 e. The van der Waals surface area contributed by atoms with Crippen LogP contribution >= 0.6 is 0 Å². The van der Waals surface area contributed by atoms with Crippen LogP contribution in [-0.4, -0.2) is 57.6 Å². The number of aryl methyl sites for hydroxylation is 2. The highest BCUT2D eigenvalue weighted by molar-refractivity contribution is 7.92. The van der Waals surface area contributed by atoms with Crippen LogP contribution in [0.4, 0.5) is 5.69 Å². The third-order valence-corrected chi connectivity index (χ3v) is 7.33. The van der Waals surface area contributed by atoms with Crippen LogP contribution in [0.15, 0.2) is 42.5 Å². The molecule has 0 aliphatic carbocycles. The fourth-order valence-electron chi connectivity index (χ4n) is 3.85. The van der Waals surface area contributed by atoms with E-state index in [0.717, 1.165) is 40.1 Å². The smallest absolute Gasteiger partial charge is 0.244 e. The number of methoxy groups -OCH3 is 1. The monoisotopic (exact) mass is 517 g/mol. The second kappa shape index (κ2) is 13.3. The van der Waals surface area contributed by atoms with Crippen LogP contribution < -0.4 is 14.4 Å². The maximum atomic E-state index is 13.7. The van der Waals surface area contributed by atoms with E-state index < -0.39 is 28.5 Å². The molecule has 0 aliphatic heterocycles. The minimum atomic E-state index is -3.76. The molecule has 0 bridgehead atoms. The number of ether oxygens (including phenoxy) is 1. The predicted molar refractivity (Wildman–Crippen MR) is 144 cm³/mol. The topological polar surface area (TPSA) is 96.0 Å². The highest BCUT2D eigenvalue weighted by Gasteiger charge is 2.31. The third-order valence-electron chi connectivity index (χ3n) is 6.19. The lowest BCUT2D eigenvalue weighted by Crippen LogP contribution is -2.52. The van der Waals surface area contributed by atoms with Gasteiger partial charge in [0, 0.05) is 13.1 Å². The maximum Gasteiger partial charge on any atom is 0.244 e. The molecule has 9 heteroatoms. The largest absolute Gasteiger partial charge is 0.497 e. The van der Waals surface area contributed by atoms with E-state index in [2.05, 4.69) is 5.32 Å². The highest BCUT2D eigenvalue weighted by atomic mass is 32.2. The molecule has 2 amide bonds. The molecule has 198 valence electrons. The second-order valence-electron chi connectivity index (χ2n) is 8.98. The summed E-state index contributed by atoms with van der Waals surface area (Å²) in [7, 11) is -2.18. The SMILES string of the molecule is CCCCNC(=O)[C@H](CC)N(Cc1ccc(OC)cc1)C(=O)CN(c1ccc(C)c(C)c1)S(C)(=O)=O. The number of hydrogen-bond acceptors (Lipinski definition) is 5. The number of sulfonamides is 1. The van der Waals surface area contributed by atoms with Gasteiger partial charge in [0.25, 0.3) is 0 Å².